The molecule has 3 aromatic rings. The first-order valence-corrected chi connectivity index (χ1v) is 12.4. The minimum atomic E-state index is -0.329. The van der Waals surface area contributed by atoms with Crippen LogP contribution in [0.25, 0.3) is 17.0 Å². The van der Waals surface area contributed by atoms with Crippen LogP contribution in [0, 0.1) is 5.82 Å². The van der Waals surface area contributed by atoms with Gasteiger partial charge in [-0.25, -0.2) is 4.39 Å². The number of thioether (sulfide) groups is 1. The first-order valence-electron chi connectivity index (χ1n) is 10.8. The fourth-order valence-electron chi connectivity index (χ4n) is 4.65. The minimum absolute atomic E-state index is 0.000814. The number of nitrogens with zero attached hydrogens (tertiary/aromatic N) is 2. The van der Waals surface area contributed by atoms with Crippen LogP contribution in [0.4, 0.5) is 4.39 Å². The molecule has 1 saturated heterocycles. The van der Waals surface area contributed by atoms with E-state index in [0.717, 1.165) is 42.1 Å². The highest BCUT2D eigenvalue weighted by molar-refractivity contribution is 8.26. The van der Waals surface area contributed by atoms with E-state index in [1.807, 2.05) is 46.0 Å². The summed E-state index contributed by atoms with van der Waals surface area (Å²) in [5, 5.41) is 1.40. The number of carbonyl (C=O) groups excluding carboxylic acids is 1. The van der Waals surface area contributed by atoms with E-state index in [2.05, 4.69) is 0 Å². The van der Waals surface area contributed by atoms with Gasteiger partial charge < -0.3 is 4.57 Å². The van der Waals surface area contributed by atoms with Crippen LogP contribution in [-0.4, -0.2) is 25.7 Å². The van der Waals surface area contributed by atoms with Gasteiger partial charge in [0.25, 0.3) is 5.91 Å². The molecule has 2 aromatic carbocycles. The highest BCUT2D eigenvalue weighted by Crippen LogP contribution is 2.38. The molecule has 0 atom stereocenters. The van der Waals surface area contributed by atoms with Crippen molar-refractivity contribution in [2.45, 2.75) is 44.7 Å². The molecule has 7 heteroatoms. The Balaban J connectivity index is 1.51. The number of hydrogen-bond donors (Lipinski definition) is 0. The molecule has 164 valence electrons. The van der Waals surface area contributed by atoms with Gasteiger partial charge in [0.05, 0.1) is 11.4 Å². The second-order valence-corrected chi connectivity index (χ2v) is 10.4. The Hall–Kier alpha value is -2.15. The Bertz CT molecular complexity index is 1230. The number of fused-ring (bicyclic) bond motifs is 1. The van der Waals surface area contributed by atoms with Crippen LogP contribution >= 0.6 is 35.6 Å². The molecule has 0 radical (unpaired) electrons. The fourth-order valence-corrected chi connectivity index (χ4v) is 6.26. The van der Waals surface area contributed by atoms with Gasteiger partial charge in [-0.3, -0.25) is 9.69 Å². The minimum Gasteiger partial charge on any atom is -0.342 e. The van der Waals surface area contributed by atoms with E-state index in [4.69, 9.17) is 23.8 Å². The lowest BCUT2D eigenvalue weighted by atomic mass is 9.94. The zero-order chi connectivity index (χ0) is 22.2. The van der Waals surface area contributed by atoms with Crippen LogP contribution < -0.4 is 0 Å². The summed E-state index contributed by atoms with van der Waals surface area (Å²) in [7, 11) is 0. The summed E-state index contributed by atoms with van der Waals surface area (Å²) >= 11 is 13.2. The van der Waals surface area contributed by atoms with Gasteiger partial charge in [0.1, 0.15) is 10.1 Å². The Kier molecular flexibility index (Phi) is 6.10. The van der Waals surface area contributed by atoms with Crippen molar-refractivity contribution < 1.29 is 9.18 Å². The zero-order valence-electron chi connectivity index (χ0n) is 17.4. The summed E-state index contributed by atoms with van der Waals surface area (Å²) in [6.45, 7) is 0.308. The summed E-state index contributed by atoms with van der Waals surface area (Å²) in [4.78, 5) is 15.7. The molecule has 0 bridgehead atoms. The standard InChI is InChI=1S/C25H22ClFN2OS2/c26-20-10-6-11-21(27)19(20)15-28-14-16(18-9-4-5-12-22(18)28)13-23-24(30)29(25(31)32-23)17-7-2-1-3-8-17/h4-6,9-14,17H,1-3,7-8,15H2/b23-13-. The number of halogens is 2. The lowest BCUT2D eigenvalue weighted by Crippen LogP contribution is -2.39. The SMILES string of the molecule is O=C1/C(=C/c2cn(Cc3c(F)cccc3Cl)c3ccccc23)SC(=S)N1C1CCCCC1. The van der Waals surface area contributed by atoms with Crippen LogP contribution in [0.3, 0.4) is 0 Å². The van der Waals surface area contributed by atoms with E-state index in [9.17, 15) is 9.18 Å². The second-order valence-electron chi connectivity index (χ2n) is 8.27. The molecule has 1 aliphatic carbocycles. The van der Waals surface area contributed by atoms with Crippen LogP contribution in [0.2, 0.25) is 5.02 Å². The molecule has 2 aliphatic rings. The second kappa shape index (κ2) is 9.00. The average molecular weight is 485 g/mol. The van der Waals surface area contributed by atoms with E-state index in [1.54, 1.807) is 12.1 Å². The molecular weight excluding hydrogens is 463 g/mol. The predicted octanol–water partition coefficient (Wildman–Crippen LogP) is 7.02. The molecule has 5 rings (SSSR count). The molecule has 1 aliphatic heterocycles. The van der Waals surface area contributed by atoms with Gasteiger partial charge in [0.2, 0.25) is 0 Å². The summed E-state index contributed by atoms with van der Waals surface area (Å²) in [5.41, 5.74) is 2.32. The lowest BCUT2D eigenvalue weighted by Gasteiger charge is -2.29. The smallest absolute Gasteiger partial charge is 0.266 e. The largest absolute Gasteiger partial charge is 0.342 e. The topological polar surface area (TPSA) is 25.2 Å². The van der Waals surface area contributed by atoms with E-state index in [1.165, 1.54) is 24.2 Å². The van der Waals surface area contributed by atoms with Crippen LogP contribution in [0.1, 0.15) is 43.2 Å². The monoisotopic (exact) mass is 484 g/mol. The number of para-hydroxylation sites is 1. The number of thiocarbonyl (C=S) groups is 1. The quantitative estimate of drug-likeness (QED) is 0.294. The molecule has 0 unspecified atom stereocenters. The van der Waals surface area contributed by atoms with E-state index in [-0.39, 0.29) is 17.8 Å². The van der Waals surface area contributed by atoms with Crippen molar-refractivity contribution in [3.63, 3.8) is 0 Å². The van der Waals surface area contributed by atoms with Crippen molar-refractivity contribution in [2.24, 2.45) is 0 Å². The van der Waals surface area contributed by atoms with E-state index >= 15 is 0 Å². The molecule has 2 heterocycles. The third-order valence-electron chi connectivity index (χ3n) is 6.26. The Labute approximate surface area is 201 Å². The number of benzene rings is 2. The first kappa shape index (κ1) is 21.7. The van der Waals surface area contributed by atoms with Crippen molar-refractivity contribution in [1.82, 2.24) is 9.47 Å². The van der Waals surface area contributed by atoms with E-state index < -0.39 is 0 Å². The lowest BCUT2D eigenvalue weighted by molar-refractivity contribution is -0.124. The summed E-state index contributed by atoms with van der Waals surface area (Å²) < 4.78 is 17.0. The number of rotatable bonds is 4. The third kappa shape index (κ3) is 4.00. The summed E-state index contributed by atoms with van der Waals surface area (Å²) in [6.07, 6.45) is 9.43. The Morgan fingerprint density at radius 2 is 1.91 bits per heavy atom. The van der Waals surface area contributed by atoms with Gasteiger partial charge in [0, 0.05) is 39.3 Å². The molecular formula is C25H22ClFN2OS2. The van der Waals surface area contributed by atoms with Gasteiger partial charge in [-0.15, -0.1) is 0 Å². The molecule has 1 amide bonds. The van der Waals surface area contributed by atoms with Gasteiger partial charge in [-0.1, -0.05) is 79.1 Å². The highest BCUT2D eigenvalue weighted by Gasteiger charge is 2.37. The van der Waals surface area contributed by atoms with Crippen LogP contribution in [0.15, 0.2) is 53.6 Å². The van der Waals surface area contributed by atoms with Gasteiger partial charge in [-0.2, -0.15) is 0 Å². The Morgan fingerprint density at radius 3 is 2.69 bits per heavy atom. The van der Waals surface area contributed by atoms with Crippen molar-refractivity contribution in [3.8, 4) is 0 Å². The first-order chi connectivity index (χ1) is 15.5. The predicted molar refractivity (Wildman–Crippen MR) is 134 cm³/mol. The molecule has 2 fully saturated rings. The maximum Gasteiger partial charge on any atom is 0.266 e. The third-order valence-corrected chi connectivity index (χ3v) is 7.94. The van der Waals surface area contributed by atoms with Crippen molar-refractivity contribution >= 4 is 62.8 Å². The molecule has 0 N–H and O–H groups in total. The molecule has 3 nitrogen and oxygen atoms in total. The molecule has 32 heavy (non-hydrogen) atoms. The molecule has 0 spiro atoms. The molecule has 1 saturated carbocycles. The van der Waals surface area contributed by atoms with Crippen LogP contribution in [0.5, 0.6) is 0 Å². The fraction of sp³-hybridized carbons (Fsp3) is 0.280. The summed E-state index contributed by atoms with van der Waals surface area (Å²) in [5.74, 6) is -0.328. The maximum absolute atomic E-state index is 14.4. The number of carbonyl (C=O) groups is 1. The van der Waals surface area contributed by atoms with Crippen molar-refractivity contribution in [2.75, 3.05) is 0 Å². The zero-order valence-corrected chi connectivity index (χ0v) is 19.8. The van der Waals surface area contributed by atoms with Crippen molar-refractivity contribution in [3.05, 3.63) is 75.5 Å². The molecule has 1 aromatic heterocycles. The normalized spacial score (nSPS) is 18.9. The number of amides is 1. The maximum atomic E-state index is 14.4. The van der Waals surface area contributed by atoms with Gasteiger partial charge in [-0.05, 0) is 37.1 Å². The highest BCUT2D eigenvalue weighted by atomic mass is 35.5. The number of aromatic nitrogens is 1. The number of hydrogen-bond acceptors (Lipinski definition) is 3. The van der Waals surface area contributed by atoms with E-state index in [0.29, 0.717) is 26.4 Å². The van der Waals surface area contributed by atoms with Gasteiger partial charge in [0.15, 0.2) is 0 Å². The average Bonchev–Trinajstić information content (AvgIpc) is 3.28. The Morgan fingerprint density at radius 1 is 1.12 bits per heavy atom. The van der Waals surface area contributed by atoms with Crippen molar-refractivity contribution in [1.29, 1.82) is 0 Å². The van der Waals surface area contributed by atoms with Crippen LogP contribution in [-0.2, 0) is 11.3 Å². The summed E-state index contributed by atoms with van der Waals surface area (Å²) in [6, 6.07) is 12.9. The van der Waals surface area contributed by atoms with Gasteiger partial charge >= 0.3 is 0 Å².